The van der Waals surface area contributed by atoms with Gasteiger partial charge in [0, 0.05) is 29.9 Å². The van der Waals surface area contributed by atoms with Crippen molar-refractivity contribution in [3.8, 4) is 0 Å². The summed E-state index contributed by atoms with van der Waals surface area (Å²) in [6, 6.07) is -0.157. The molecule has 0 radical (unpaired) electrons. The van der Waals surface area contributed by atoms with E-state index in [4.69, 9.17) is 5.11 Å². The summed E-state index contributed by atoms with van der Waals surface area (Å²) in [5.41, 5.74) is 1.04. The predicted molar refractivity (Wildman–Crippen MR) is 84.9 cm³/mol. The molecule has 1 aromatic heterocycles. The largest absolute Gasteiger partial charge is 0.481 e. The van der Waals surface area contributed by atoms with E-state index in [2.05, 4.69) is 4.98 Å². The molecule has 1 aliphatic rings. The number of aliphatic carboxylic acids is 1. The number of hydrogen-bond acceptors (Lipinski definition) is 5. The molecule has 0 aromatic carbocycles. The molecular weight excluding hydrogens is 308 g/mol. The molecule has 0 spiro atoms. The van der Waals surface area contributed by atoms with Crippen LogP contribution >= 0.6 is 23.1 Å². The number of aryl methyl sites for hydroxylation is 2. The van der Waals surface area contributed by atoms with Gasteiger partial charge in [0.15, 0.2) is 0 Å². The number of nitrogens with zero attached hydrogens (tertiary/aromatic N) is 2. The smallest absolute Gasteiger partial charge is 0.305 e. The zero-order valence-electron chi connectivity index (χ0n) is 12.1. The third kappa shape index (κ3) is 5.00. The summed E-state index contributed by atoms with van der Waals surface area (Å²) >= 11 is 3.35. The van der Waals surface area contributed by atoms with E-state index in [9.17, 15) is 9.59 Å². The van der Waals surface area contributed by atoms with Crippen molar-refractivity contribution in [1.82, 2.24) is 9.88 Å². The summed E-state index contributed by atoms with van der Waals surface area (Å²) in [5.74, 6) is 0.864. The summed E-state index contributed by atoms with van der Waals surface area (Å²) in [6.07, 6.45) is 2.09. The molecule has 1 aromatic rings. The highest BCUT2D eigenvalue weighted by Gasteiger charge is 2.28. The third-order valence-corrected chi connectivity index (χ3v) is 5.36. The summed E-state index contributed by atoms with van der Waals surface area (Å²) in [5, 5.41) is 12.0. The van der Waals surface area contributed by atoms with Crippen LogP contribution in [0.3, 0.4) is 0 Å². The van der Waals surface area contributed by atoms with E-state index in [1.54, 1.807) is 28.0 Å². The fraction of sp³-hybridized carbons (Fsp3) is 0.643. The minimum Gasteiger partial charge on any atom is -0.481 e. The molecule has 2 heterocycles. The predicted octanol–water partition coefficient (Wildman–Crippen LogP) is 2.19. The Morgan fingerprint density at radius 1 is 1.52 bits per heavy atom. The van der Waals surface area contributed by atoms with E-state index in [1.165, 1.54) is 0 Å². The Balaban J connectivity index is 1.81. The van der Waals surface area contributed by atoms with Crippen molar-refractivity contribution in [2.45, 2.75) is 38.6 Å². The highest BCUT2D eigenvalue weighted by Crippen LogP contribution is 2.20. The van der Waals surface area contributed by atoms with Crippen LogP contribution in [0.1, 0.15) is 30.0 Å². The second-order valence-electron chi connectivity index (χ2n) is 5.13. The lowest BCUT2D eigenvalue weighted by Crippen LogP contribution is -2.47. The number of carbonyl (C=O) groups excluding carboxylic acids is 1. The third-order valence-electron chi connectivity index (χ3n) is 3.45. The van der Waals surface area contributed by atoms with Gasteiger partial charge in [0.25, 0.3) is 0 Å². The minimum atomic E-state index is -0.835. The topological polar surface area (TPSA) is 70.5 Å². The molecule has 1 aliphatic heterocycles. The Kier molecular flexibility index (Phi) is 6.05. The highest BCUT2D eigenvalue weighted by molar-refractivity contribution is 7.99. The number of carboxylic acid groups (broad SMARTS) is 1. The summed E-state index contributed by atoms with van der Waals surface area (Å²) in [7, 11) is 0. The van der Waals surface area contributed by atoms with Crippen LogP contribution in [-0.4, -0.2) is 51.0 Å². The average Bonchev–Trinajstić information content (AvgIpc) is 2.84. The van der Waals surface area contributed by atoms with E-state index in [0.717, 1.165) is 35.0 Å². The van der Waals surface area contributed by atoms with Gasteiger partial charge in [-0.15, -0.1) is 11.3 Å². The van der Waals surface area contributed by atoms with Gasteiger partial charge in [-0.1, -0.05) is 0 Å². The van der Waals surface area contributed by atoms with E-state index < -0.39 is 5.97 Å². The van der Waals surface area contributed by atoms with Gasteiger partial charge in [-0.2, -0.15) is 11.8 Å². The average molecular weight is 328 g/mol. The van der Waals surface area contributed by atoms with Gasteiger partial charge >= 0.3 is 5.97 Å². The fourth-order valence-corrected chi connectivity index (χ4v) is 4.15. The van der Waals surface area contributed by atoms with Crippen LogP contribution in [0.4, 0.5) is 0 Å². The van der Waals surface area contributed by atoms with E-state index >= 15 is 0 Å². The SMILES string of the molecule is Cc1nc(CCCC(=O)N2CCSCC2CC(=O)O)cs1. The Bertz CT molecular complexity index is 504. The molecular formula is C14H20N2O3S2. The number of rotatable bonds is 6. The lowest BCUT2D eigenvalue weighted by molar-refractivity contribution is -0.140. The zero-order valence-corrected chi connectivity index (χ0v) is 13.7. The van der Waals surface area contributed by atoms with Crippen LogP contribution in [0.25, 0.3) is 0 Å². The lowest BCUT2D eigenvalue weighted by atomic mass is 10.1. The summed E-state index contributed by atoms with van der Waals surface area (Å²) < 4.78 is 0. The maximum Gasteiger partial charge on any atom is 0.305 e. The van der Waals surface area contributed by atoms with Crippen LogP contribution in [0.2, 0.25) is 0 Å². The zero-order chi connectivity index (χ0) is 15.2. The first-order valence-corrected chi connectivity index (χ1v) is 9.09. The molecule has 1 N–H and O–H groups in total. The molecule has 21 heavy (non-hydrogen) atoms. The number of amides is 1. The fourth-order valence-electron chi connectivity index (χ4n) is 2.44. The minimum absolute atomic E-state index is 0.0457. The molecule has 7 heteroatoms. The molecule has 1 fully saturated rings. The Hall–Kier alpha value is -1.08. The monoisotopic (exact) mass is 328 g/mol. The number of aromatic nitrogens is 1. The number of carboxylic acids is 1. The Labute approximate surface area is 132 Å². The first-order valence-electron chi connectivity index (χ1n) is 7.06. The van der Waals surface area contributed by atoms with Gasteiger partial charge < -0.3 is 10.0 Å². The Morgan fingerprint density at radius 3 is 3.00 bits per heavy atom. The van der Waals surface area contributed by atoms with Crippen molar-refractivity contribution in [2.24, 2.45) is 0 Å². The van der Waals surface area contributed by atoms with Crippen molar-refractivity contribution < 1.29 is 14.7 Å². The van der Waals surface area contributed by atoms with Crippen molar-refractivity contribution in [1.29, 1.82) is 0 Å². The van der Waals surface area contributed by atoms with Gasteiger partial charge in [0.05, 0.1) is 23.2 Å². The first kappa shape index (κ1) is 16.3. The van der Waals surface area contributed by atoms with E-state index in [-0.39, 0.29) is 18.4 Å². The number of hydrogen-bond donors (Lipinski definition) is 1. The number of thioether (sulfide) groups is 1. The Morgan fingerprint density at radius 2 is 2.33 bits per heavy atom. The van der Waals surface area contributed by atoms with Crippen molar-refractivity contribution in [2.75, 3.05) is 18.1 Å². The van der Waals surface area contributed by atoms with Crippen LogP contribution in [0.15, 0.2) is 5.38 Å². The van der Waals surface area contributed by atoms with Crippen LogP contribution in [0.5, 0.6) is 0 Å². The maximum absolute atomic E-state index is 12.3. The van der Waals surface area contributed by atoms with Gasteiger partial charge in [-0.25, -0.2) is 4.98 Å². The van der Waals surface area contributed by atoms with Crippen molar-refractivity contribution in [3.05, 3.63) is 16.1 Å². The quantitative estimate of drug-likeness (QED) is 0.867. The maximum atomic E-state index is 12.3. The molecule has 1 saturated heterocycles. The molecule has 116 valence electrons. The standard InChI is InChI=1S/C14H20N2O3S2/c1-10-15-11(8-21-10)3-2-4-13(17)16-5-6-20-9-12(16)7-14(18)19/h8,12H,2-7,9H2,1H3,(H,18,19). The second-order valence-corrected chi connectivity index (χ2v) is 7.34. The summed E-state index contributed by atoms with van der Waals surface area (Å²) in [6.45, 7) is 2.64. The molecule has 1 unspecified atom stereocenters. The normalized spacial score (nSPS) is 18.7. The second kappa shape index (κ2) is 7.79. The van der Waals surface area contributed by atoms with E-state index in [0.29, 0.717) is 13.0 Å². The van der Waals surface area contributed by atoms with Gasteiger partial charge in [0.2, 0.25) is 5.91 Å². The molecule has 0 aliphatic carbocycles. The molecule has 1 amide bonds. The van der Waals surface area contributed by atoms with Gasteiger partial charge in [-0.05, 0) is 19.8 Å². The van der Waals surface area contributed by atoms with Gasteiger partial charge in [-0.3, -0.25) is 9.59 Å². The molecule has 0 bridgehead atoms. The van der Waals surface area contributed by atoms with Crippen LogP contribution in [-0.2, 0) is 16.0 Å². The van der Waals surface area contributed by atoms with Gasteiger partial charge in [0.1, 0.15) is 0 Å². The summed E-state index contributed by atoms with van der Waals surface area (Å²) in [4.78, 5) is 29.3. The van der Waals surface area contributed by atoms with Crippen LogP contribution < -0.4 is 0 Å². The number of thiazole rings is 1. The van der Waals surface area contributed by atoms with E-state index in [1.807, 2.05) is 12.3 Å². The van der Waals surface area contributed by atoms with Crippen molar-refractivity contribution in [3.63, 3.8) is 0 Å². The highest BCUT2D eigenvalue weighted by atomic mass is 32.2. The lowest BCUT2D eigenvalue weighted by Gasteiger charge is -2.34. The van der Waals surface area contributed by atoms with Crippen LogP contribution in [0, 0.1) is 6.92 Å². The molecule has 0 saturated carbocycles. The molecule has 5 nitrogen and oxygen atoms in total. The first-order chi connectivity index (χ1) is 10.1. The van der Waals surface area contributed by atoms with Crippen molar-refractivity contribution >= 4 is 35.0 Å². The number of carbonyl (C=O) groups is 2. The molecule has 2 rings (SSSR count). The molecule has 1 atom stereocenters.